The number of nitrogens with zero attached hydrogens (tertiary/aromatic N) is 1. The highest BCUT2D eigenvalue weighted by Gasteiger charge is 2.05. The zero-order valence-corrected chi connectivity index (χ0v) is 12.4. The van der Waals surface area contributed by atoms with Crippen molar-refractivity contribution in [2.45, 2.75) is 32.9 Å². The number of nitriles is 1. The lowest BCUT2D eigenvalue weighted by Gasteiger charge is -2.14. The van der Waals surface area contributed by atoms with Crippen LogP contribution in [0.4, 0.5) is 0 Å². The summed E-state index contributed by atoms with van der Waals surface area (Å²) in [5.74, 6) is 2.36. The molecule has 1 aromatic carbocycles. The molecule has 98 valence electrons. The summed E-state index contributed by atoms with van der Waals surface area (Å²) in [5, 5.41) is 12.9. The number of halogens is 1. The van der Waals surface area contributed by atoms with E-state index in [0.717, 1.165) is 18.5 Å². The highest BCUT2D eigenvalue weighted by molar-refractivity contribution is 7.99. The zero-order valence-electron chi connectivity index (χ0n) is 10.9. The van der Waals surface area contributed by atoms with Gasteiger partial charge in [-0.15, -0.1) is 0 Å². The standard InChI is InChI=1S/C14H19ClN2S/c1-3-18-7-6-11(2)17-10-13-5-4-12(9-16)8-14(13)15/h4-5,8,11,17H,3,6-7,10H2,1-2H3. The van der Waals surface area contributed by atoms with Crippen molar-refractivity contribution >= 4 is 23.4 Å². The van der Waals surface area contributed by atoms with Crippen molar-refractivity contribution < 1.29 is 0 Å². The molecule has 0 aliphatic heterocycles. The smallest absolute Gasteiger partial charge is 0.0992 e. The predicted molar refractivity (Wildman–Crippen MR) is 80.1 cm³/mol. The van der Waals surface area contributed by atoms with Crippen LogP contribution in [-0.4, -0.2) is 17.5 Å². The molecule has 0 spiro atoms. The fourth-order valence-corrected chi connectivity index (χ4v) is 2.61. The quantitative estimate of drug-likeness (QED) is 0.772. The summed E-state index contributed by atoms with van der Waals surface area (Å²) in [7, 11) is 0. The van der Waals surface area contributed by atoms with Crippen molar-refractivity contribution in [3.63, 3.8) is 0 Å². The van der Waals surface area contributed by atoms with Crippen LogP contribution < -0.4 is 5.32 Å². The van der Waals surface area contributed by atoms with Crippen molar-refractivity contribution in [2.75, 3.05) is 11.5 Å². The van der Waals surface area contributed by atoms with E-state index >= 15 is 0 Å². The van der Waals surface area contributed by atoms with E-state index in [1.54, 1.807) is 12.1 Å². The lowest BCUT2D eigenvalue weighted by molar-refractivity contribution is 0.537. The maximum atomic E-state index is 8.76. The van der Waals surface area contributed by atoms with Crippen LogP contribution in [0.25, 0.3) is 0 Å². The van der Waals surface area contributed by atoms with Gasteiger partial charge in [0.25, 0.3) is 0 Å². The van der Waals surface area contributed by atoms with Crippen LogP contribution in [0.3, 0.4) is 0 Å². The van der Waals surface area contributed by atoms with Gasteiger partial charge in [0.15, 0.2) is 0 Å². The Morgan fingerprint density at radius 2 is 2.28 bits per heavy atom. The van der Waals surface area contributed by atoms with Gasteiger partial charge < -0.3 is 5.32 Å². The van der Waals surface area contributed by atoms with Gasteiger partial charge in [-0.05, 0) is 42.5 Å². The Kier molecular flexibility index (Phi) is 7.19. The molecule has 0 bridgehead atoms. The van der Waals surface area contributed by atoms with Gasteiger partial charge in [-0.25, -0.2) is 0 Å². The molecule has 1 atom stereocenters. The number of thioether (sulfide) groups is 1. The number of hydrogen-bond acceptors (Lipinski definition) is 3. The van der Waals surface area contributed by atoms with Crippen molar-refractivity contribution in [3.05, 3.63) is 34.3 Å². The summed E-state index contributed by atoms with van der Waals surface area (Å²) in [6.45, 7) is 5.12. The van der Waals surface area contributed by atoms with Crippen LogP contribution >= 0.6 is 23.4 Å². The van der Waals surface area contributed by atoms with E-state index < -0.39 is 0 Å². The average molecular weight is 283 g/mol. The van der Waals surface area contributed by atoms with E-state index in [-0.39, 0.29) is 0 Å². The summed E-state index contributed by atoms with van der Waals surface area (Å²) < 4.78 is 0. The molecule has 0 radical (unpaired) electrons. The highest BCUT2D eigenvalue weighted by atomic mass is 35.5. The second-order valence-electron chi connectivity index (χ2n) is 4.19. The molecule has 0 fully saturated rings. The first-order chi connectivity index (χ1) is 8.67. The molecule has 0 heterocycles. The van der Waals surface area contributed by atoms with Gasteiger partial charge >= 0.3 is 0 Å². The number of benzene rings is 1. The van der Waals surface area contributed by atoms with Crippen molar-refractivity contribution in [1.29, 1.82) is 5.26 Å². The highest BCUT2D eigenvalue weighted by Crippen LogP contribution is 2.17. The maximum absolute atomic E-state index is 8.76. The van der Waals surface area contributed by atoms with E-state index in [1.165, 1.54) is 11.5 Å². The molecule has 0 saturated carbocycles. The number of nitrogens with one attached hydrogen (secondary N) is 1. The van der Waals surface area contributed by atoms with Gasteiger partial charge in [0.05, 0.1) is 11.6 Å². The Bertz CT molecular complexity index is 415. The van der Waals surface area contributed by atoms with E-state index in [2.05, 4.69) is 25.2 Å². The van der Waals surface area contributed by atoms with Gasteiger partial charge in [-0.3, -0.25) is 0 Å². The number of rotatable bonds is 7. The van der Waals surface area contributed by atoms with Crippen molar-refractivity contribution in [3.8, 4) is 6.07 Å². The zero-order chi connectivity index (χ0) is 13.4. The minimum absolute atomic E-state index is 0.482. The third kappa shape index (κ3) is 5.30. The van der Waals surface area contributed by atoms with Gasteiger partial charge in [0, 0.05) is 17.6 Å². The average Bonchev–Trinajstić information content (AvgIpc) is 2.37. The van der Waals surface area contributed by atoms with Gasteiger partial charge in [-0.1, -0.05) is 24.6 Å². The van der Waals surface area contributed by atoms with Crippen LogP contribution in [0.1, 0.15) is 31.4 Å². The van der Waals surface area contributed by atoms with E-state index in [1.807, 2.05) is 17.8 Å². The molecule has 0 aliphatic carbocycles. The monoisotopic (exact) mass is 282 g/mol. The fraction of sp³-hybridized carbons (Fsp3) is 0.500. The van der Waals surface area contributed by atoms with E-state index in [9.17, 15) is 0 Å². The first kappa shape index (κ1) is 15.4. The fourth-order valence-electron chi connectivity index (χ4n) is 1.55. The summed E-state index contributed by atoms with van der Waals surface area (Å²) in [4.78, 5) is 0. The normalized spacial score (nSPS) is 12.1. The van der Waals surface area contributed by atoms with Gasteiger partial charge in [0.2, 0.25) is 0 Å². The molecule has 0 aliphatic rings. The van der Waals surface area contributed by atoms with Crippen molar-refractivity contribution in [1.82, 2.24) is 5.32 Å². The molecule has 1 rings (SSSR count). The lowest BCUT2D eigenvalue weighted by atomic mass is 10.1. The maximum Gasteiger partial charge on any atom is 0.0992 e. The van der Waals surface area contributed by atoms with Gasteiger partial charge in [-0.2, -0.15) is 17.0 Å². The molecule has 1 aromatic rings. The third-order valence-electron chi connectivity index (χ3n) is 2.72. The minimum Gasteiger partial charge on any atom is -0.310 e. The summed E-state index contributed by atoms with van der Waals surface area (Å²) in [5.41, 5.74) is 1.65. The minimum atomic E-state index is 0.482. The molecule has 2 nitrogen and oxygen atoms in total. The molecule has 0 aromatic heterocycles. The molecule has 4 heteroatoms. The largest absolute Gasteiger partial charge is 0.310 e. The lowest BCUT2D eigenvalue weighted by Crippen LogP contribution is -2.26. The third-order valence-corrected chi connectivity index (χ3v) is 4.01. The number of hydrogen-bond donors (Lipinski definition) is 1. The molecule has 18 heavy (non-hydrogen) atoms. The van der Waals surface area contributed by atoms with Crippen LogP contribution in [0, 0.1) is 11.3 Å². The summed E-state index contributed by atoms with van der Waals surface area (Å²) in [6, 6.07) is 8.01. The Balaban J connectivity index is 2.41. The predicted octanol–water partition coefficient (Wildman–Crippen LogP) is 3.83. The second-order valence-corrected chi connectivity index (χ2v) is 5.99. The van der Waals surface area contributed by atoms with E-state index in [0.29, 0.717) is 16.6 Å². The molecule has 1 N–H and O–H groups in total. The Hall–Kier alpha value is -0.690. The second kappa shape index (κ2) is 8.42. The Morgan fingerprint density at radius 3 is 2.89 bits per heavy atom. The van der Waals surface area contributed by atoms with Crippen LogP contribution in [0.5, 0.6) is 0 Å². The molecule has 0 saturated heterocycles. The van der Waals surface area contributed by atoms with Crippen LogP contribution in [-0.2, 0) is 6.54 Å². The van der Waals surface area contributed by atoms with Gasteiger partial charge in [0.1, 0.15) is 0 Å². The summed E-state index contributed by atoms with van der Waals surface area (Å²) in [6.07, 6.45) is 1.16. The Labute approximate surface area is 119 Å². The molecule has 0 amide bonds. The SMILES string of the molecule is CCSCCC(C)NCc1ccc(C#N)cc1Cl. The molecule has 1 unspecified atom stereocenters. The molecular weight excluding hydrogens is 264 g/mol. The topological polar surface area (TPSA) is 35.8 Å². The first-order valence-corrected chi connectivity index (χ1v) is 7.70. The van der Waals surface area contributed by atoms with Crippen molar-refractivity contribution in [2.24, 2.45) is 0 Å². The molecular formula is C14H19ClN2S. The first-order valence-electron chi connectivity index (χ1n) is 6.17. The van der Waals surface area contributed by atoms with Crippen LogP contribution in [0.2, 0.25) is 5.02 Å². The summed E-state index contributed by atoms with van der Waals surface area (Å²) >= 11 is 8.09. The van der Waals surface area contributed by atoms with Crippen LogP contribution in [0.15, 0.2) is 18.2 Å². The Morgan fingerprint density at radius 1 is 1.50 bits per heavy atom. The van der Waals surface area contributed by atoms with E-state index in [4.69, 9.17) is 16.9 Å².